The molecule has 1 aromatic carbocycles. The zero-order valence-electron chi connectivity index (χ0n) is 19.1. The molecule has 0 spiro atoms. The second-order valence-electron chi connectivity index (χ2n) is 8.30. The fourth-order valence-corrected chi connectivity index (χ4v) is 3.73. The lowest BCUT2D eigenvalue weighted by atomic mass is 10.00. The summed E-state index contributed by atoms with van der Waals surface area (Å²) in [6.07, 6.45) is 3.90. The molecule has 2 N–H and O–H groups in total. The van der Waals surface area contributed by atoms with Gasteiger partial charge in [0.25, 0.3) is 0 Å². The first-order chi connectivity index (χ1) is 14.0. The molecule has 2 atom stereocenters. The molecule has 170 valence electrons. The van der Waals surface area contributed by atoms with Crippen LogP contribution in [0.1, 0.15) is 45.1 Å². The number of hydrogen-bond acceptors (Lipinski definition) is 3. The SMILES string of the molecule is CN=C(NCCC(=O)N1CCCC(C)C1)NCCC(C)N(C)Cc1ccccc1.I. The van der Waals surface area contributed by atoms with Crippen LogP contribution < -0.4 is 10.6 Å². The number of carbonyl (C=O) groups is 1. The molecule has 7 heteroatoms. The number of nitrogens with one attached hydrogen (secondary N) is 2. The molecule has 6 nitrogen and oxygen atoms in total. The average molecular weight is 530 g/mol. The highest BCUT2D eigenvalue weighted by atomic mass is 127. The van der Waals surface area contributed by atoms with Gasteiger partial charge in [0.05, 0.1) is 0 Å². The van der Waals surface area contributed by atoms with E-state index in [2.05, 4.69) is 71.8 Å². The minimum atomic E-state index is 0. The van der Waals surface area contributed by atoms with Crippen molar-refractivity contribution in [2.24, 2.45) is 10.9 Å². The van der Waals surface area contributed by atoms with Crippen molar-refractivity contribution in [1.29, 1.82) is 0 Å². The summed E-state index contributed by atoms with van der Waals surface area (Å²) in [5.74, 6) is 1.63. The molecule has 2 rings (SSSR count). The van der Waals surface area contributed by atoms with Crippen molar-refractivity contribution in [2.45, 2.75) is 52.1 Å². The maximum Gasteiger partial charge on any atom is 0.224 e. The Kier molecular flexibility index (Phi) is 13.0. The summed E-state index contributed by atoms with van der Waals surface area (Å²) in [6.45, 7) is 8.70. The van der Waals surface area contributed by atoms with Gasteiger partial charge < -0.3 is 15.5 Å². The summed E-state index contributed by atoms with van der Waals surface area (Å²) in [6, 6.07) is 11.0. The molecule has 1 amide bonds. The normalized spacial score (nSPS) is 18.0. The number of nitrogens with zero attached hydrogens (tertiary/aromatic N) is 3. The van der Waals surface area contributed by atoms with E-state index in [-0.39, 0.29) is 29.9 Å². The van der Waals surface area contributed by atoms with E-state index >= 15 is 0 Å². The minimum absolute atomic E-state index is 0. The molecule has 0 aliphatic carbocycles. The van der Waals surface area contributed by atoms with Crippen LogP contribution >= 0.6 is 24.0 Å². The zero-order chi connectivity index (χ0) is 21.1. The molecule has 1 saturated heterocycles. The lowest BCUT2D eigenvalue weighted by Crippen LogP contribution is -2.43. The van der Waals surface area contributed by atoms with E-state index in [4.69, 9.17) is 0 Å². The van der Waals surface area contributed by atoms with E-state index in [9.17, 15) is 4.79 Å². The number of benzene rings is 1. The Labute approximate surface area is 199 Å². The third kappa shape index (κ3) is 9.64. The number of amides is 1. The van der Waals surface area contributed by atoms with Gasteiger partial charge in [0.2, 0.25) is 5.91 Å². The number of guanidine groups is 1. The van der Waals surface area contributed by atoms with E-state index in [1.165, 1.54) is 12.0 Å². The molecule has 1 fully saturated rings. The van der Waals surface area contributed by atoms with E-state index in [1.54, 1.807) is 7.05 Å². The Morgan fingerprint density at radius 3 is 2.63 bits per heavy atom. The molecule has 0 saturated carbocycles. The number of hydrogen-bond donors (Lipinski definition) is 2. The van der Waals surface area contributed by atoms with E-state index in [1.807, 2.05) is 4.90 Å². The highest BCUT2D eigenvalue weighted by Crippen LogP contribution is 2.15. The topological polar surface area (TPSA) is 60.0 Å². The molecular formula is C23H40IN5O. The average Bonchev–Trinajstić information content (AvgIpc) is 2.73. The third-order valence-corrected chi connectivity index (χ3v) is 5.75. The third-order valence-electron chi connectivity index (χ3n) is 5.75. The van der Waals surface area contributed by atoms with Gasteiger partial charge in [-0.1, -0.05) is 37.3 Å². The van der Waals surface area contributed by atoms with Gasteiger partial charge in [-0.25, -0.2) is 0 Å². The summed E-state index contributed by atoms with van der Waals surface area (Å²) in [5.41, 5.74) is 1.33. The van der Waals surface area contributed by atoms with Crippen molar-refractivity contribution in [3.8, 4) is 0 Å². The quantitative estimate of drug-likeness (QED) is 0.293. The Balaban J connectivity index is 0.00000450. The summed E-state index contributed by atoms with van der Waals surface area (Å²) in [5, 5.41) is 6.64. The number of rotatable bonds is 9. The largest absolute Gasteiger partial charge is 0.356 e. The lowest BCUT2D eigenvalue weighted by Gasteiger charge is -2.31. The Morgan fingerprint density at radius 1 is 1.27 bits per heavy atom. The lowest BCUT2D eigenvalue weighted by molar-refractivity contribution is -0.132. The minimum Gasteiger partial charge on any atom is -0.356 e. The van der Waals surface area contributed by atoms with Crippen LogP contribution in [-0.2, 0) is 11.3 Å². The van der Waals surface area contributed by atoms with Crippen molar-refractivity contribution in [3.63, 3.8) is 0 Å². The predicted molar refractivity (Wildman–Crippen MR) is 136 cm³/mol. The van der Waals surface area contributed by atoms with Crippen LogP contribution in [0.5, 0.6) is 0 Å². The van der Waals surface area contributed by atoms with Gasteiger partial charge in [0, 0.05) is 52.2 Å². The molecule has 0 bridgehead atoms. The fraction of sp³-hybridized carbons (Fsp3) is 0.652. The van der Waals surface area contributed by atoms with Crippen molar-refractivity contribution >= 4 is 35.8 Å². The highest BCUT2D eigenvalue weighted by molar-refractivity contribution is 14.0. The first-order valence-electron chi connectivity index (χ1n) is 11.0. The molecule has 2 unspecified atom stereocenters. The second-order valence-corrected chi connectivity index (χ2v) is 8.30. The van der Waals surface area contributed by atoms with Crippen molar-refractivity contribution in [2.75, 3.05) is 40.3 Å². The first kappa shape index (κ1) is 26.7. The molecule has 30 heavy (non-hydrogen) atoms. The van der Waals surface area contributed by atoms with Crippen LogP contribution in [0.2, 0.25) is 0 Å². The number of halogens is 1. The second kappa shape index (κ2) is 14.6. The number of piperidine rings is 1. The fourth-order valence-electron chi connectivity index (χ4n) is 3.73. The van der Waals surface area contributed by atoms with Crippen LogP contribution in [0.25, 0.3) is 0 Å². The van der Waals surface area contributed by atoms with Crippen LogP contribution in [0, 0.1) is 5.92 Å². The number of aliphatic imine (C=N–C) groups is 1. The summed E-state index contributed by atoms with van der Waals surface area (Å²) in [4.78, 5) is 21.0. The standard InChI is InChI=1S/C23H39N5O.HI/c1-19-9-8-16-28(17-19)22(29)13-15-26-23(24-3)25-14-12-20(2)27(4)18-21-10-6-5-7-11-21;/h5-7,10-11,19-20H,8-9,12-18H2,1-4H3,(H2,24,25,26);1H. The van der Waals surface area contributed by atoms with Crippen molar-refractivity contribution in [1.82, 2.24) is 20.4 Å². The van der Waals surface area contributed by atoms with Gasteiger partial charge in [0.15, 0.2) is 5.96 Å². The van der Waals surface area contributed by atoms with E-state index in [0.29, 0.717) is 24.9 Å². The zero-order valence-corrected chi connectivity index (χ0v) is 21.4. The molecule has 1 heterocycles. The van der Waals surface area contributed by atoms with Crippen LogP contribution in [0.4, 0.5) is 0 Å². The van der Waals surface area contributed by atoms with Crippen molar-refractivity contribution < 1.29 is 4.79 Å². The monoisotopic (exact) mass is 529 g/mol. The summed E-state index contributed by atoms with van der Waals surface area (Å²) >= 11 is 0. The highest BCUT2D eigenvalue weighted by Gasteiger charge is 2.20. The smallest absolute Gasteiger partial charge is 0.224 e. The van der Waals surface area contributed by atoms with E-state index in [0.717, 1.165) is 45.0 Å². The van der Waals surface area contributed by atoms with Crippen LogP contribution in [0.3, 0.4) is 0 Å². The first-order valence-corrected chi connectivity index (χ1v) is 11.0. The van der Waals surface area contributed by atoms with Gasteiger partial charge in [-0.15, -0.1) is 24.0 Å². The van der Waals surface area contributed by atoms with Crippen LogP contribution in [0.15, 0.2) is 35.3 Å². The molecule has 1 aliphatic heterocycles. The van der Waals surface area contributed by atoms with Gasteiger partial charge in [-0.2, -0.15) is 0 Å². The molecule has 0 radical (unpaired) electrons. The predicted octanol–water partition coefficient (Wildman–Crippen LogP) is 3.33. The molecule has 1 aliphatic rings. The Bertz CT molecular complexity index is 640. The van der Waals surface area contributed by atoms with Crippen molar-refractivity contribution in [3.05, 3.63) is 35.9 Å². The van der Waals surface area contributed by atoms with Gasteiger partial charge in [-0.3, -0.25) is 14.7 Å². The number of likely N-dealkylation sites (tertiary alicyclic amines) is 1. The van der Waals surface area contributed by atoms with E-state index < -0.39 is 0 Å². The molecule has 1 aromatic rings. The molecule has 0 aromatic heterocycles. The summed E-state index contributed by atoms with van der Waals surface area (Å²) in [7, 11) is 3.94. The Hall–Kier alpha value is -1.35. The Morgan fingerprint density at radius 2 is 1.97 bits per heavy atom. The summed E-state index contributed by atoms with van der Waals surface area (Å²) < 4.78 is 0. The molecular weight excluding hydrogens is 489 g/mol. The van der Waals surface area contributed by atoms with Gasteiger partial charge in [-0.05, 0) is 44.7 Å². The number of carbonyl (C=O) groups excluding carboxylic acids is 1. The maximum absolute atomic E-state index is 12.4. The van der Waals surface area contributed by atoms with Gasteiger partial charge >= 0.3 is 0 Å². The maximum atomic E-state index is 12.4. The van der Waals surface area contributed by atoms with Crippen LogP contribution in [-0.4, -0.2) is 68.0 Å². The van der Waals surface area contributed by atoms with Gasteiger partial charge in [0.1, 0.15) is 0 Å².